The first-order valence-electron chi connectivity index (χ1n) is 7.25. The highest BCUT2D eigenvalue weighted by Gasteiger charge is 2.10. The van der Waals surface area contributed by atoms with E-state index in [0.29, 0.717) is 11.6 Å². The molecule has 0 fully saturated rings. The van der Waals surface area contributed by atoms with Crippen molar-refractivity contribution in [2.45, 2.75) is 20.4 Å². The zero-order chi connectivity index (χ0) is 16.1. The quantitative estimate of drug-likeness (QED) is 0.903. The molecular formula is C18H21ClN2O. The van der Waals surface area contributed by atoms with Crippen LogP contribution < -0.4 is 5.32 Å². The molecule has 0 spiro atoms. The van der Waals surface area contributed by atoms with Crippen LogP contribution in [0.25, 0.3) is 0 Å². The van der Waals surface area contributed by atoms with Gasteiger partial charge in [-0.1, -0.05) is 41.9 Å². The van der Waals surface area contributed by atoms with Crippen molar-refractivity contribution in [3.8, 4) is 0 Å². The SMILES string of the molecule is Cc1ccccc1CN(C)CC(=O)Nc1cccc(Cl)c1C. The Morgan fingerprint density at radius 1 is 1.14 bits per heavy atom. The Balaban J connectivity index is 1.94. The van der Waals surface area contributed by atoms with Crippen molar-refractivity contribution >= 4 is 23.2 Å². The highest BCUT2D eigenvalue weighted by molar-refractivity contribution is 6.31. The molecule has 2 aromatic rings. The zero-order valence-corrected chi connectivity index (χ0v) is 13.9. The first kappa shape index (κ1) is 16.5. The van der Waals surface area contributed by atoms with Gasteiger partial charge in [0.25, 0.3) is 0 Å². The zero-order valence-electron chi connectivity index (χ0n) is 13.2. The molecule has 3 nitrogen and oxygen atoms in total. The molecule has 116 valence electrons. The summed E-state index contributed by atoms with van der Waals surface area (Å²) < 4.78 is 0. The van der Waals surface area contributed by atoms with E-state index in [1.54, 1.807) is 0 Å². The van der Waals surface area contributed by atoms with Crippen molar-refractivity contribution in [3.05, 3.63) is 64.2 Å². The maximum absolute atomic E-state index is 12.2. The lowest BCUT2D eigenvalue weighted by Gasteiger charge is -2.18. The van der Waals surface area contributed by atoms with Gasteiger partial charge in [-0.25, -0.2) is 0 Å². The monoisotopic (exact) mass is 316 g/mol. The van der Waals surface area contributed by atoms with E-state index in [1.807, 2.05) is 49.2 Å². The van der Waals surface area contributed by atoms with Crippen LogP contribution in [-0.2, 0) is 11.3 Å². The lowest BCUT2D eigenvalue weighted by molar-refractivity contribution is -0.117. The van der Waals surface area contributed by atoms with E-state index in [2.05, 4.69) is 24.4 Å². The van der Waals surface area contributed by atoms with Gasteiger partial charge in [0.15, 0.2) is 0 Å². The third-order valence-electron chi connectivity index (χ3n) is 3.66. The first-order chi connectivity index (χ1) is 10.5. The molecule has 0 aliphatic rings. The van der Waals surface area contributed by atoms with Crippen LogP contribution in [0.2, 0.25) is 5.02 Å². The van der Waals surface area contributed by atoms with Crippen molar-refractivity contribution in [2.75, 3.05) is 18.9 Å². The minimum atomic E-state index is -0.0403. The molecule has 1 N–H and O–H groups in total. The molecule has 0 bridgehead atoms. The Morgan fingerprint density at radius 2 is 1.86 bits per heavy atom. The number of amides is 1. The highest BCUT2D eigenvalue weighted by Crippen LogP contribution is 2.22. The summed E-state index contributed by atoms with van der Waals surface area (Å²) in [7, 11) is 1.94. The lowest BCUT2D eigenvalue weighted by atomic mass is 10.1. The van der Waals surface area contributed by atoms with Crippen LogP contribution in [0.4, 0.5) is 5.69 Å². The molecule has 0 unspecified atom stereocenters. The van der Waals surface area contributed by atoms with Gasteiger partial charge in [0.05, 0.1) is 6.54 Å². The molecule has 0 saturated carbocycles. The second-order valence-corrected chi connectivity index (χ2v) is 5.97. The molecule has 1 amide bonds. The van der Waals surface area contributed by atoms with Gasteiger partial charge in [-0.15, -0.1) is 0 Å². The average Bonchev–Trinajstić information content (AvgIpc) is 2.46. The minimum absolute atomic E-state index is 0.0403. The van der Waals surface area contributed by atoms with Crippen LogP contribution in [0, 0.1) is 13.8 Å². The molecule has 0 heterocycles. The third-order valence-corrected chi connectivity index (χ3v) is 4.07. The van der Waals surface area contributed by atoms with Crippen LogP contribution in [-0.4, -0.2) is 24.4 Å². The number of benzene rings is 2. The van der Waals surface area contributed by atoms with E-state index in [-0.39, 0.29) is 5.91 Å². The molecule has 0 atom stereocenters. The molecule has 0 saturated heterocycles. The van der Waals surface area contributed by atoms with Crippen molar-refractivity contribution in [3.63, 3.8) is 0 Å². The molecule has 0 aliphatic heterocycles. The number of likely N-dealkylation sites (N-methyl/N-ethyl adjacent to an activating group) is 1. The smallest absolute Gasteiger partial charge is 0.238 e. The van der Waals surface area contributed by atoms with Crippen LogP contribution in [0.5, 0.6) is 0 Å². The fourth-order valence-electron chi connectivity index (χ4n) is 2.31. The van der Waals surface area contributed by atoms with Gasteiger partial charge >= 0.3 is 0 Å². The molecule has 0 aliphatic carbocycles. The third kappa shape index (κ3) is 4.33. The fraction of sp³-hybridized carbons (Fsp3) is 0.278. The van der Waals surface area contributed by atoms with Gasteiger partial charge in [-0.3, -0.25) is 9.69 Å². The summed E-state index contributed by atoms with van der Waals surface area (Å²) in [5.74, 6) is -0.0403. The Labute approximate surface area is 136 Å². The Bertz CT molecular complexity index is 670. The summed E-state index contributed by atoms with van der Waals surface area (Å²) in [5, 5.41) is 3.58. The summed E-state index contributed by atoms with van der Waals surface area (Å²) in [5.41, 5.74) is 4.12. The number of hydrogen-bond acceptors (Lipinski definition) is 2. The van der Waals surface area contributed by atoms with E-state index < -0.39 is 0 Å². The summed E-state index contributed by atoms with van der Waals surface area (Å²) >= 11 is 6.07. The number of nitrogens with one attached hydrogen (secondary N) is 1. The van der Waals surface area contributed by atoms with Crippen LogP contribution in [0.15, 0.2) is 42.5 Å². The normalized spacial score (nSPS) is 10.8. The molecule has 22 heavy (non-hydrogen) atoms. The predicted molar refractivity (Wildman–Crippen MR) is 92.3 cm³/mol. The number of rotatable bonds is 5. The number of anilines is 1. The van der Waals surface area contributed by atoms with Gasteiger partial charge in [-0.2, -0.15) is 0 Å². The predicted octanol–water partition coefficient (Wildman–Crippen LogP) is 4.03. The summed E-state index contributed by atoms with van der Waals surface area (Å²) in [6.07, 6.45) is 0. The number of hydrogen-bond donors (Lipinski definition) is 1. The van der Waals surface area contributed by atoms with Crippen molar-refractivity contribution in [2.24, 2.45) is 0 Å². The molecule has 0 aromatic heterocycles. The molecule has 4 heteroatoms. The van der Waals surface area contributed by atoms with Gasteiger partial charge in [0, 0.05) is 17.3 Å². The van der Waals surface area contributed by atoms with Crippen molar-refractivity contribution in [1.82, 2.24) is 4.90 Å². The highest BCUT2D eigenvalue weighted by atomic mass is 35.5. The minimum Gasteiger partial charge on any atom is -0.325 e. The summed E-state index contributed by atoms with van der Waals surface area (Å²) in [6.45, 7) is 5.06. The van der Waals surface area contributed by atoms with Crippen LogP contribution >= 0.6 is 11.6 Å². The number of aryl methyl sites for hydroxylation is 1. The Morgan fingerprint density at radius 3 is 2.59 bits per heavy atom. The van der Waals surface area contributed by atoms with Gasteiger partial charge in [0.2, 0.25) is 5.91 Å². The van der Waals surface area contributed by atoms with Crippen LogP contribution in [0.1, 0.15) is 16.7 Å². The second-order valence-electron chi connectivity index (χ2n) is 5.56. The topological polar surface area (TPSA) is 32.3 Å². The number of carbonyl (C=O) groups excluding carboxylic acids is 1. The van der Waals surface area contributed by atoms with E-state index in [9.17, 15) is 4.79 Å². The van der Waals surface area contributed by atoms with E-state index in [1.165, 1.54) is 11.1 Å². The molecule has 0 radical (unpaired) electrons. The van der Waals surface area contributed by atoms with Gasteiger partial charge in [-0.05, 0) is 49.7 Å². The second kappa shape index (κ2) is 7.43. The molecule has 2 aromatic carbocycles. The van der Waals surface area contributed by atoms with Crippen LogP contribution in [0.3, 0.4) is 0 Å². The summed E-state index contributed by atoms with van der Waals surface area (Å²) in [6, 6.07) is 13.7. The standard InChI is InChI=1S/C18H21ClN2O/c1-13-7-4-5-8-15(13)11-21(3)12-18(22)20-17-10-6-9-16(19)14(17)2/h4-10H,11-12H2,1-3H3,(H,20,22). The Hall–Kier alpha value is -1.84. The van der Waals surface area contributed by atoms with Gasteiger partial charge < -0.3 is 5.32 Å². The van der Waals surface area contributed by atoms with E-state index >= 15 is 0 Å². The number of nitrogens with zero attached hydrogens (tertiary/aromatic N) is 1. The molecule has 2 rings (SSSR count). The Kier molecular flexibility index (Phi) is 5.58. The van der Waals surface area contributed by atoms with E-state index in [0.717, 1.165) is 17.8 Å². The maximum atomic E-state index is 12.2. The maximum Gasteiger partial charge on any atom is 0.238 e. The number of carbonyl (C=O) groups is 1. The van der Waals surface area contributed by atoms with Crippen molar-refractivity contribution in [1.29, 1.82) is 0 Å². The largest absolute Gasteiger partial charge is 0.325 e. The first-order valence-corrected chi connectivity index (χ1v) is 7.63. The fourth-order valence-corrected chi connectivity index (χ4v) is 2.49. The molecular weight excluding hydrogens is 296 g/mol. The summed E-state index contributed by atoms with van der Waals surface area (Å²) in [4.78, 5) is 14.2. The van der Waals surface area contributed by atoms with Crippen molar-refractivity contribution < 1.29 is 4.79 Å². The van der Waals surface area contributed by atoms with E-state index in [4.69, 9.17) is 11.6 Å². The average molecular weight is 317 g/mol. The lowest BCUT2D eigenvalue weighted by Crippen LogP contribution is -2.30. The van der Waals surface area contributed by atoms with Gasteiger partial charge in [0.1, 0.15) is 0 Å². The number of halogens is 1.